The van der Waals surface area contributed by atoms with Crippen LogP contribution in [0.4, 0.5) is 8.78 Å². The molecular formula is C16H17F2NOS. The summed E-state index contributed by atoms with van der Waals surface area (Å²) in [6, 6.07) is 3.73. The lowest BCUT2D eigenvalue weighted by molar-refractivity contribution is 0.0532. The van der Waals surface area contributed by atoms with Gasteiger partial charge in [-0.2, -0.15) is 0 Å². The fourth-order valence-corrected chi connectivity index (χ4v) is 4.11. The first-order chi connectivity index (χ1) is 10.0. The maximum Gasteiger partial charge on any atom is 0.131 e. The van der Waals surface area contributed by atoms with E-state index in [9.17, 15) is 8.78 Å². The van der Waals surface area contributed by atoms with Gasteiger partial charge in [-0.1, -0.05) is 6.07 Å². The molecular weight excluding hydrogens is 292 g/mol. The second kappa shape index (κ2) is 5.44. The van der Waals surface area contributed by atoms with Gasteiger partial charge in [-0.25, -0.2) is 8.78 Å². The smallest absolute Gasteiger partial charge is 0.131 e. The first-order valence-corrected chi connectivity index (χ1v) is 7.96. The molecule has 2 aliphatic rings. The molecule has 0 amide bonds. The molecule has 0 spiro atoms. The summed E-state index contributed by atoms with van der Waals surface area (Å²) < 4.78 is 33.3. The maximum atomic E-state index is 14.3. The number of halogens is 2. The maximum absolute atomic E-state index is 14.3. The van der Waals surface area contributed by atoms with Crippen LogP contribution in [0.3, 0.4) is 0 Å². The van der Waals surface area contributed by atoms with Gasteiger partial charge in [-0.05, 0) is 26.0 Å². The van der Waals surface area contributed by atoms with Gasteiger partial charge >= 0.3 is 0 Å². The molecule has 112 valence electrons. The molecule has 2 heterocycles. The topological polar surface area (TPSA) is 21.6 Å². The third kappa shape index (κ3) is 2.48. The first kappa shape index (κ1) is 14.6. The van der Waals surface area contributed by atoms with Crippen LogP contribution in [0.5, 0.6) is 0 Å². The van der Waals surface area contributed by atoms with Crippen LogP contribution in [0.25, 0.3) is 0 Å². The van der Waals surface area contributed by atoms with Gasteiger partial charge < -0.3 is 4.74 Å². The van der Waals surface area contributed by atoms with E-state index < -0.39 is 17.2 Å². The molecule has 1 aromatic carbocycles. The zero-order chi connectivity index (χ0) is 15.0. The third-order valence-electron chi connectivity index (χ3n) is 4.17. The highest BCUT2D eigenvalue weighted by molar-refractivity contribution is 8.13. The summed E-state index contributed by atoms with van der Waals surface area (Å²) in [7, 11) is 0. The molecule has 0 radical (unpaired) electrons. The van der Waals surface area contributed by atoms with Crippen LogP contribution in [0, 0.1) is 17.6 Å². The number of benzene rings is 1. The van der Waals surface area contributed by atoms with E-state index in [2.05, 4.69) is 0 Å². The highest BCUT2D eigenvalue weighted by Gasteiger charge is 2.48. The SMILES string of the molecule is C/C=C1\CC2CSC(C)=NC2(c2ccc(F)cc2F)CO1. The van der Waals surface area contributed by atoms with Gasteiger partial charge in [0.15, 0.2) is 0 Å². The predicted octanol–water partition coefficient (Wildman–Crippen LogP) is 4.27. The highest BCUT2D eigenvalue weighted by Crippen LogP contribution is 2.47. The van der Waals surface area contributed by atoms with Gasteiger partial charge in [0.25, 0.3) is 0 Å². The van der Waals surface area contributed by atoms with Gasteiger partial charge in [-0.15, -0.1) is 11.8 Å². The molecule has 5 heteroatoms. The van der Waals surface area contributed by atoms with Crippen molar-refractivity contribution < 1.29 is 13.5 Å². The average molecular weight is 309 g/mol. The number of hydrogen-bond donors (Lipinski definition) is 0. The first-order valence-electron chi connectivity index (χ1n) is 6.98. The summed E-state index contributed by atoms with van der Waals surface area (Å²) in [5, 5.41) is 0.919. The summed E-state index contributed by atoms with van der Waals surface area (Å²) in [5.74, 6) is 0.837. The Morgan fingerprint density at radius 2 is 2.24 bits per heavy atom. The normalized spacial score (nSPS) is 30.6. The molecule has 0 aliphatic carbocycles. The van der Waals surface area contributed by atoms with E-state index in [1.165, 1.54) is 12.1 Å². The van der Waals surface area contributed by atoms with Crippen molar-refractivity contribution in [2.24, 2.45) is 10.9 Å². The standard InChI is InChI=1S/C16H17F2NOS/c1-3-13-6-11-8-21-10(2)19-16(11,9-20-13)14-5-4-12(17)7-15(14)18/h3-5,7,11H,6,8-9H2,1-2H3/b13-3+. The number of fused-ring (bicyclic) bond motifs is 1. The number of aliphatic imine (C=N–C) groups is 1. The Balaban J connectivity index is 2.11. The van der Waals surface area contributed by atoms with Crippen molar-refractivity contribution in [2.75, 3.05) is 12.4 Å². The van der Waals surface area contributed by atoms with Gasteiger partial charge in [0.05, 0.1) is 10.8 Å². The van der Waals surface area contributed by atoms with E-state index in [1.54, 1.807) is 11.8 Å². The van der Waals surface area contributed by atoms with E-state index in [-0.39, 0.29) is 5.92 Å². The minimum absolute atomic E-state index is 0.158. The molecule has 0 N–H and O–H groups in total. The average Bonchev–Trinajstić information content (AvgIpc) is 2.46. The van der Waals surface area contributed by atoms with E-state index in [1.807, 2.05) is 19.9 Å². The van der Waals surface area contributed by atoms with E-state index in [0.717, 1.165) is 29.0 Å². The Bertz CT molecular complexity index is 629. The number of thioether (sulfide) groups is 1. The monoisotopic (exact) mass is 309 g/mol. The molecule has 1 fully saturated rings. The van der Waals surface area contributed by atoms with Crippen LogP contribution in [-0.4, -0.2) is 17.4 Å². The summed E-state index contributed by atoms with van der Waals surface area (Å²) in [6.07, 6.45) is 2.68. The minimum Gasteiger partial charge on any atom is -0.495 e. The molecule has 1 saturated heterocycles. The number of rotatable bonds is 1. The van der Waals surface area contributed by atoms with E-state index in [0.29, 0.717) is 12.2 Å². The molecule has 0 bridgehead atoms. The number of nitrogens with zero attached hydrogens (tertiary/aromatic N) is 1. The fourth-order valence-electron chi connectivity index (χ4n) is 3.05. The highest BCUT2D eigenvalue weighted by atomic mass is 32.2. The lowest BCUT2D eigenvalue weighted by Crippen LogP contribution is -2.46. The van der Waals surface area contributed by atoms with Gasteiger partial charge in [0, 0.05) is 29.7 Å². The molecule has 2 atom stereocenters. The Morgan fingerprint density at radius 1 is 1.43 bits per heavy atom. The van der Waals surface area contributed by atoms with Crippen molar-refractivity contribution in [2.45, 2.75) is 25.8 Å². The minimum atomic E-state index is -0.736. The van der Waals surface area contributed by atoms with Crippen LogP contribution >= 0.6 is 11.8 Å². The Kier molecular flexibility index (Phi) is 3.78. The van der Waals surface area contributed by atoms with Crippen molar-refractivity contribution in [3.8, 4) is 0 Å². The lowest BCUT2D eigenvalue weighted by atomic mass is 9.75. The molecule has 0 saturated carbocycles. The second-order valence-electron chi connectivity index (χ2n) is 5.43. The Labute approximate surface area is 127 Å². The zero-order valence-electron chi connectivity index (χ0n) is 12.0. The molecule has 21 heavy (non-hydrogen) atoms. The predicted molar refractivity (Wildman–Crippen MR) is 81.4 cm³/mol. The van der Waals surface area contributed by atoms with Crippen molar-refractivity contribution >= 4 is 16.8 Å². The second-order valence-corrected chi connectivity index (χ2v) is 6.65. The summed E-state index contributed by atoms with van der Waals surface area (Å²) in [5.41, 5.74) is -0.302. The number of ether oxygens (including phenoxy) is 1. The third-order valence-corrected chi connectivity index (χ3v) is 5.25. The molecule has 2 unspecified atom stereocenters. The fraction of sp³-hybridized carbons (Fsp3) is 0.438. The van der Waals surface area contributed by atoms with Crippen molar-refractivity contribution in [3.63, 3.8) is 0 Å². The number of hydrogen-bond acceptors (Lipinski definition) is 3. The van der Waals surface area contributed by atoms with Gasteiger partial charge in [0.2, 0.25) is 0 Å². The van der Waals surface area contributed by atoms with Gasteiger partial charge in [-0.3, -0.25) is 4.99 Å². The van der Waals surface area contributed by atoms with Crippen molar-refractivity contribution in [1.29, 1.82) is 0 Å². The molecule has 2 aliphatic heterocycles. The van der Waals surface area contributed by atoms with Crippen LogP contribution in [0.2, 0.25) is 0 Å². The molecule has 0 aromatic heterocycles. The van der Waals surface area contributed by atoms with Crippen LogP contribution in [0.15, 0.2) is 35.0 Å². The summed E-state index contributed by atoms with van der Waals surface area (Å²) in [4.78, 5) is 4.73. The molecule has 3 rings (SSSR count). The molecule has 1 aromatic rings. The quantitative estimate of drug-likeness (QED) is 0.773. The summed E-state index contributed by atoms with van der Waals surface area (Å²) in [6.45, 7) is 4.17. The Hall–Kier alpha value is -1.36. The van der Waals surface area contributed by atoms with Crippen molar-refractivity contribution in [1.82, 2.24) is 0 Å². The zero-order valence-corrected chi connectivity index (χ0v) is 12.8. The van der Waals surface area contributed by atoms with Crippen LogP contribution in [0.1, 0.15) is 25.8 Å². The van der Waals surface area contributed by atoms with Gasteiger partial charge in [0.1, 0.15) is 23.8 Å². The Morgan fingerprint density at radius 3 is 2.95 bits per heavy atom. The van der Waals surface area contributed by atoms with E-state index >= 15 is 0 Å². The summed E-state index contributed by atoms with van der Waals surface area (Å²) >= 11 is 1.69. The molecule has 2 nitrogen and oxygen atoms in total. The van der Waals surface area contributed by atoms with Crippen LogP contribution < -0.4 is 0 Å². The van der Waals surface area contributed by atoms with E-state index in [4.69, 9.17) is 9.73 Å². The lowest BCUT2D eigenvalue weighted by Gasteiger charge is -2.44. The van der Waals surface area contributed by atoms with Crippen LogP contribution in [-0.2, 0) is 10.3 Å². The van der Waals surface area contributed by atoms with Crippen molar-refractivity contribution in [3.05, 3.63) is 47.2 Å². The largest absolute Gasteiger partial charge is 0.495 e. The number of allylic oxidation sites excluding steroid dienone is 2.